The van der Waals surface area contributed by atoms with E-state index in [1.807, 2.05) is 0 Å². The van der Waals surface area contributed by atoms with Gasteiger partial charge in [0.1, 0.15) is 0 Å². The molecule has 0 aliphatic carbocycles. The molecule has 0 amide bonds. The van der Waals surface area contributed by atoms with Crippen LogP contribution in [0.4, 0.5) is 0 Å². The van der Waals surface area contributed by atoms with Crippen LogP contribution in [0.5, 0.6) is 0 Å². The third-order valence-corrected chi connectivity index (χ3v) is 15.2. The van der Waals surface area contributed by atoms with E-state index < -0.39 is 25.7 Å². The summed E-state index contributed by atoms with van der Waals surface area (Å²) in [6, 6.07) is 17.5. The van der Waals surface area contributed by atoms with Crippen molar-refractivity contribution in [1.82, 2.24) is 0 Å². The van der Waals surface area contributed by atoms with Gasteiger partial charge in [-0.15, -0.1) is 0 Å². The molecule has 7 heteroatoms. The maximum Gasteiger partial charge on any atom is 0.323 e. The van der Waals surface area contributed by atoms with Crippen LogP contribution >= 0.6 is 0 Å². The number of benzene rings is 2. The molecule has 0 atom stereocenters. The molecule has 0 radical (unpaired) electrons. The van der Waals surface area contributed by atoms with Crippen molar-refractivity contribution >= 4 is 25.7 Å². The molecule has 0 unspecified atom stereocenters. The van der Waals surface area contributed by atoms with E-state index in [0.717, 1.165) is 12.8 Å². The summed E-state index contributed by atoms with van der Waals surface area (Å²) in [5.41, 5.74) is 5.64. The summed E-state index contributed by atoms with van der Waals surface area (Å²) in [5, 5.41) is 0. The van der Waals surface area contributed by atoms with E-state index >= 15 is 0 Å². The highest BCUT2D eigenvalue weighted by atomic mass is 28.5. The molecular weight excluding hydrogens is 509 g/mol. The summed E-state index contributed by atoms with van der Waals surface area (Å²) in [4.78, 5) is 0. The third kappa shape index (κ3) is 13.5. The lowest BCUT2D eigenvalue weighted by Gasteiger charge is -2.37. The second-order valence-corrected chi connectivity index (χ2v) is 24.7. The summed E-state index contributed by atoms with van der Waals surface area (Å²) < 4.78 is 25.8. The van der Waals surface area contributed by atoms with Gasteiger partial charge >= 0.3 is 25.7 Å². The minimum Gasteiger partial charge on any atom is -0.415 e. The Hall–Kier alpha value is -1.07. The Labute approximate surface area is 230 Å². The van der Waals surface area contributed by atoms with Crippen LogP contribution in [-0.4, -0.2) is 25.7 Å². The van der Waals surface area contributed by atoms with E-state index in [4.69, 9.17) is 17.1 Å². The summed E-state index contributed by atoms with van der Waals surface area (Å²) >= 11 is 0. The van der Waals surface area contributed by atoms with Crippen LogP contribution in [0.3, 0.4) is 0 Å². The molecule has 0 aliphatic heterocycles. The molecule has 0 aliphatic rings. The van der Waals surface area contributed by atoms with Gasteiger partial charge in [-0.3, -0.25) is 0 Å². The number of hydrogen-bond acceptors (Lipinski definition) is 4. The average molecular weight is 561 g/mol. The SMILES string of the molecule is CC(C)(C)Cc1ccc(CO[Si](C)(C)O[Si](C)(C)O[Si](C)(C)OCc2ccc(CC(C)(C)C)cc2)cc1. The fraction of sp³-hybridized carbons (Fsp3) is 0.600. The molecule has 2 rings (SSSR count). The molecule has 0 fully saturated rings. The number of rotatable bonds is 12. The Morgan fingerprint density at radius 3 is 1.00 bits per heavy atom. The molecule has 37 heavy (non-hydrogen) atoms. The summed E-state index contributed by atoms with van der Waals surface area (Å²) in [6.45, 7) is 27.3. The summed E-state index contributed by atoms with van der Waals surface area (Å²) in [6.07, 6.45) is 2.14. The first kappa shape index (κ1) is 32.1. The van der Waals surface area contributed by atoms with Crippen molar-refractivity contribution < 1.29 is 17.1 Å². The molecule has 0 spiro atoms. The maximum atomic E-state index is 6.57. The fourth-order valence-electron chi connectivity index (χ4n) is 4.51. The van der Waals surface area contributed by atoms with Gasteiger partial charge in [0.2, 0.25) is 0 Å². The van der Waals surface area contributed by atoms with E-state index in [-0.39, 0.29) is 10.8 Å². The van der Waals surface area contributed by atoms with Crippen LogP contribution in [0.2, 0.25) is 39.3 Å². The van der Waals surface area contributed by atoms with Crippen molar-refractivity contribution in [1.29, 1.82) is 0 Å². The zero-order chi connectivity index (χ0) is 28.1. The van der Waals surface area contributed by atoms with Crippen molar-refractivity contribution in [3.05, 3.63) is 70.8 Å². The molecule has 0 heterocycles. The first-order valence-corrected chi connectivity index (χ1v) is 22.0. The van der Waals surface area contributed by atoms with E-state index in [0.29, 0.717) is 13.2 Å². The topological polar surface area (TPSA) is 36.9 Å². The van der Waals surface area contributed by atoms with E-state index in [9.17, 15) is 0 Å². The normalized spacial score (nSPS) is 13.7. The van der Waals surface area contributed by atoms with Crippen LogP contribution < -0.4 is 0 Å². The first-order chi connectivity index (χ1) is 16.7. The zero-order valence-electron chi connectivity index (χ0n) is 25.6. The van der Waals surface area contributed by atoms with Crippen molar-refractivity contribution in [2.24, 2.45) is 10.8 Å². The first-order valence-electron chi connectivity index (χ1n) is 13.6. The molecular formula is C30H52O4Si3. The Morgan fingerprint density at radius 2 is 0.730 bits per heavy atom. The smallest absolute Gasteiger partial charge is 0.323 e. The van der Waals surface area contributed by atoms with Crippen LogP contribution in [0.25, 0.3) is 0 Å². The maximum absolute atomic E-state index is 6.57. The molecule has 0 bridgehead atoms. The van der Waals surface area contributed by atoms with Gasteiger partial charge in [-0.1, -0.05) is 90.1 Å². The Balaban J connectivity index is 1.87. The van der Waals surface area contributed by atoms with Crippen LogP contribution in [-0.2, 0) is 43.1 Å². The lowest BCUT2D eigenvalue weighted by atomic mass is 9.88. The molecule has 0 saturated carbocycles. The van der Waals surface area contributed by atoms with Crippen molar-refractivity contribution in [3.8, 4) is 0 Å². The van der Waals surface area contributed by atoms with Gasteiger partial charge in [0.15, 0.2) is 0 Å². The Bertz CT molecular complexity index is 890. The lowest BCUT2D eigenvalue weighted by Crippen LogP contribution is -2.54. The molecule has 0 saturated heterocycles. The van der Waals surface area contributed by atoms with Crippen molar-refractivity contribution in [2.75, 3.05) is 0 Å². The highest BCUT2D eigenvalue weighted by Gasteiger charge is 2.41. The summed E-state index contributed by atoms with van der Waals surface area (Å²) in [5.74, 6) is 0. The highest BCUT2D eigenvalue weighted by Crippen LogP contribution is 2.25. The van der Waals surface area contributed by atoms with Crippen LogP contribution in [0.1, 0.15) is 63.8 Å². The minimum atomic E-state index is -2.45. The fourth-order valence-corrected chi connectivity index (χ4v) is 16.0. The zero-order valence-corrected chi connectivity index (χ0v) is 28.6. The summed E-state index contributed by atoms with van der Waals surface area (Å²) in [7, 11) is -7.21. The predicted octanol–water partition coefficient (Wildman–Crippen LogP) is 8.74. The Kier molecular flexibility index (Phi) is 10.8. The second kappa shape index (κ2) is 12.4. The molecule has 208 valence electrons. The minimum absolute atomic E-state index is 0.286. The lowest BCUT2D eigenvalue weighted by molar-refractivity contribution is 0.195. The van der Waals surface area contributed by atoms with Gasteiger partial charge in [0.25, 0.3) is 0 Å². The second-order valence-electron chi connectivity index (χ2n) is 14.1. The predicted molar refractivity (Wildman–Crippen MR) is 163 cm³/mol. The van der Waals surface area contributed by atoms with Gasteiger partial charge in [0, 0.05) is 0 Å². The van der Waals surface area contributed by atoms with Gasteiger partial charge < -0.3 is 17.1 Å². The van der Waals surface area contributed by atoms with Crippen LogP contribution in [0, 0.1) is 10.8 Å². The molecule has 0 N–H and O–H groups in total. The number of hydrogen-bond donors (Lipinski definition) is 0. The highest BCUT2D eigenvalue weighted by molar-refractivity contribution is 6.84. The van der Waals surface area contributed by atoms with E-state index in [1.165, 1.54) is 22.3 Å². The van der Waals surface area contributed by atoms with Gasteiger partial charge in [-0.05, 0) is 85.2 Å². The largest absolute Gasteiger partial charge is 0.415 e. The molecule has 2 aromatic carbocycles. The molecule has 0 aromatic heterocycles. The van der Waals surface area contributed by atoms with Crippen LogP contribution in [0.15, 0.2) is 48.5 Å². The van der Waals surface area contributed by atoms with Gasteiger partial charge in [0.05, 0.1) is 13.2 Å². The van der Waals surface area contributed by atoms with E-state index in [1.54, 1.807) is 0 Å². The van der Waals surface area contributed by atoms with Crippen molar-refractivity contribution in [2.45, 2.75) is 107 Å². The molecule has 4 nitrogen and oxygen atoms in total. The van der Waals surface area contributed by atoms with Crippen molar-refractivity contribution in [3.63, 3.8) is 0 Å². The quantitative estimate of drug-likeness (QED) is 0.243. The third-order valence-electron chi connectivity index (χ3n) is 5.67. The standard InChI is InChI=1S/C30H52O4Si3/c1-29(2,3)21-25-13-17-27(18-14-25)23-31-35(7,8)33-37(11,12)34-36(9,10)32-24-28-19-15-26(16-20-28)22-30(4,5)6/h13-20H,21-24H2,1-12H3. The monoisotopic (exact) mass is 560 g/mol. The average Bonchev–Trinajstić information content (AvgIpc) is 2.69. The molecule has 2 aromatic rings. The van der Waals surface area contributed by atoms with E-state index in [2.05, 4.69) is 129 Å². The van der Waals surface area contributed by atoms with Gasteiger partial charge in [-0.2, -0.15) is 0 Å². The van der Waals surface area contributed by atoms with Gasteiger partial charge in [-0.25, -0.2) is 0 Å². The Morgan fingerprint density at radius 1 is 0.459 bits per heavy atom.